The van der Waals surface area contributed by atoms with Crippen LogP contribution in [0, 0.1) is 11.8 Å². The highest BCUT2D eigenvalue weighted by Crippen LogP contribution is 2.24. The van der Waals surface area contributed by atoms with E-state index in [2.05, 4.69) is 23.8 Å². The third kappa shape index (κ3) is 4.71. The molecule has 2 unspecified atom stereocenters. The second-order valence-corrected chi connectivity index (χ2v) is 8.37. The number of nitrogens with one attached hydrogen (secondary N) is 1. The number of ether oxygens (including phenoxy) is 2. The van der Waals surface area contributed by atoms with Crippen molar-refractivity contribution in [2.75, 3.05) is 26.8 Å². The van der Waals surface area contributed by atoms with Crippen LogP contribution in [0.5, 0.6) is 5.75 Å². The van der Waals surface area contributed by atoms with Crippen LogP contribution < -0.4 is 4.74 Å². The van der Waals surface area contributed by atoms with Crippen molar-refractivity contribution in [3.63, 3.8) is 0 Å². The highest BCUT2D eigenvalue weighted by molar-refractivity contribution is 5.95. The summed E-state index contributed by atoms with van der Waals surface area (Å²) in [7, 11) is 1.62. The zero-order valence-electron chi connectivity index (χ0n) is 18.1. The van der Waals surface area contributed by atoms with Crippen molar-refractivity contribution >= 4 is 22.9 Å². The monoisotopic (exact) mass is 421 g/mol. The Balaban J connectivity index is 1.43. The van der Waals surface area contributed by atoms with Crippen LogP contribution >= 0.6 is 0 Å². The number of aromatic amines is 1. The summed E-state index contributed by atoms with van der Waals surface area (Å²) in [4.78, 5) is 34.6. The maximum atomic E-state index is 12.5. The molecule has 31 heavy (non-hydrogen) atoms. The molecular formula is C24H27N3O4. The molecule has 0 saturated carbocycles. The lowest BCUT2D eigenvalue weighted by Gasteiger charge is -2.34. The summed E-state index contributed by atoms with van der Waals surface area (Å²) in [6, 6.07) is 12.7. The van der Waals surface area contributed by atoms with Gasteiger partial charge < -0.3 is 19.4 Å². The molecule has 1 aliphatic rings. The number of carbonyl (C=O) groups excluding carboxylic acids is 2. The van der Waals surface area contributed by atoms with Crippen molar-refractivity contribution in [3.05, 3.63) is 48.0 Å². The molecule has 1 amide bonds. The molecule has 162 valence electrons. The van der Waals surface area contributed by atoms with Gasteiger partial charge in [0.1, 0.15) is 11.6 Å². The number of H-pyrrole nitrogens is 1. The van der Waals surface area contributed by atoms with Crippen LogP contribution in [0.4, 0.5) is 0 Å². The molecule has 0 radical (unpaired) electrons. The van der Waals surface area contributed by atoms with Gasteiger partial charge in [-0.3, -0.25) is 4.79 Å². The van der Waals surface area contributed by atoms with E-state index in [1.807, 2.05) is 24.3 Å². The van der Waals surface area contributed by atoms with E-state index < -0.39 is 5.97 Å². The average Bonchev–Trinajstić information content (AvgIpc) is 3.20. The number of carbonyl (C=O) groups is 2. The van der Waals surface area contributed by atoms with Crippen LogP contribution in [0.3, 0.4) is 0 Å². The van der Waals surface area contributed by atoms with Crippen LogP contribution in [0.25, 0.3) is 22.4 Å². The zero-order chi connectivity index (χ0) is 22.0. The van der Waals surface area contributed by atoms with E-state index >= 15 is 0 Å². The molecule has 2 aromatic carbocycles. The number of esters is 1. The first-order chi connectivity index (χ1) is 14.9. The summed E-state index contributed by atoms with van der Waals surface area (Å²) in [5.74, 6) is 1.74. The summed E-state index contributed by atoms with van der Waals surface area (Å²) >= 11 is 0. The number of hydrogen-bond donors (Lipinski definition) is 1. The summed E-state index contributed by atoms with van der Waals surface area (Å²) in [5.41, 5.74) is 2.77. The van der Waals surface area contributed by atoms with Gasteiger partial charge in [0.05, 0.1) is 23.7 Å². The Bertz CT molecular complexity index is 1080. The fourth-order valence-corrected chi connectivity index (χ4v) is 4.19. The summed E-state index contributed by atoms with van der Waals surface area (Å²) < 4.78 is 10.5. The molecule has 1 aromatic heterocycles. The molecule has 7 heteroatoms. The molecule has 1 saturated heterocycles. The van der Waals surface area contributed by atoms with Gasteiger partial charge in [-0.15, -0.1) is 0 Å². The molecule has 1 aliphatic heterocycles. The molecule has 2 heterocycles. The standard InChI is InChI=1S/C24H27N3O4/c1-15-10-16(2)13-27(12-15)22(28)14-31-24(29)18-6-9-20-21(11-18)26-23(25-20)17-4-7-19(30-3)8-5-17/h4-9,11,15-16H,10,12-14H2,1-3H3,(H,25,26). The third-order valence-corrected chi connectivity index (χ3v) is 5.63. The third-order valence-electron chi connectivity index (χ3n) is 5.63. The molecule has 7 nitrogen and oxygen atoms in total. The van der Waals surface area contributed by atoms with Gasteiger partial charge in [-0.1, -0.05) is 13.8 Å². The van der Waals surface area contributed by atoms with Crippen LogP contribution in [-0.2, 0) is 9.53 Å². The molecule has 3 aromatic rings. The van der Waals surface area contributed by atoms with Crippen molar-refractivity contribution in [2.24, 2.45) is 11.8 Å². The summed E-state index contributed by atoms with van der Waals surface area (Å²) in [6.45, 7) is 5.48. The normalized spacial score (nSPS) is 18.7. The lowest BCUT2D eigenvalue weighted by atomic mass is 9.92. The number of methoxy groups -OCH3 is 1. The molecule has 0 bridgehead atoms. The van der Waals surface area contributed by atoms with E-state index in [4.69, 9.17) is 9.47 Å². The Hall–Kier alpha value is -3.35. The first-order valence-corrected chi connectivity index (χ1v) is 10.5. The number of amides is 1. The van der Waals surface area contributed by atoms with E-state index in [1.165, 1.54) is 0 Å². The van der Waals surface area contributed by atoms with Crippen molar-refractivity contribution in [2.45, 2.75) is 20.3 Å². The van der Waals surface area contributed by atoms with Gasteiger partial charge in [0.15, 0.2) is 6.61 Å². The predicted molar refractivity (Wildman–Crippen MR) is 118 cm³/mol. The minimum absolute atomic E-state index is 0.142. The van der Waals surface area contributed by atoms with Gasteiger partial charge in [0, 0.05) is 18.7 Å². The first-order valence-electron chi connectivity index (χ1n) is 10.5. The second kappa shape index (κ2) is 8.79. The molecule has 1 fully saturated rings. The number of piperidine rings is 1. The smallest absolute Gasteiger partial charge is 0.338 e. The quantitative estimate of drug-likeness (QED) is 0.632. The Morgan fingerprint density at radius 3 is 2.48 bits per heavy atom. The number of aromatic nitrogens is 2. The maximum absolute atomic E-state index is 12.5. The van der Waals surface area contributed by atoms with E-state index in [0.29, 0.717) is 23.2 Å². The molecular weight excluding hydrogens is 394 g/mol. The highest BCUT2D eigenvalue weighted by atomic mass is 16.5. The number of likely N-dealkylation sites (tertiary alicyclic amines) is 1. The number of hydrogen-bond acceptors (Lipinski definition) is 5. The average molecular weight is 421 g/mol. The maximum Gasteiger partial charge on any atom is 0.338 e. The van der Waals surface area contributed by atoms with Gasteiger partial charge in [0.2, 0.25) is 0 Å². The van der Waals surface area contributed by atoms with Crippen molar-refractivity contribution in [1.29, 1.82) is 0 Å². The SMILES string of the molecule is COc1ccc(-c2nc3ccc(C(=O)OCC(=O)N4CC(C)CC(C)C4)cc3[nH]2)cc1. The van der Waals surface area contributed by atoms with Crippen LogP contribution in [0.1, 0.15) is 30.6 Å². The van der Waals surface area contributed by atoms with Crippen molar-refractivity contribution in [3.8, 4) is 17.1 Å². The van der Waals surface area contributed by atoms with Crippen molar-refractivity contribution in [1.82, 2.24) is 14.9 Å². The molecule has 4 rings (SSSR count). The Labute approximate surface area is 181 Å². The van der Waals surface area contributed by atoms with Gasteiger partial charge in [-0.05, 0) is 60.7 Å². The molecule has 0 aliphatic carbocycles. The first kappa shape index (κ1) is 20.9. The zero-order valence-corrected chi connectivity index (χ0v) is 18.1. The van der Waals surface area contributed by atoms with E-state index in [-0.39, 0.29) is 12.5 Å². The van der Waals surface area contributed by atoms with Gasteiger partial charge in [-0.25, -0.2) is 9.78 Å². The summed E-state index contributed by atoms with van der Waals surface area (Å²) in [6.07, 6.45) is 1.12. The topological polar surface area (TPSA) is 84.5 Å². The number of benzene rings is 2. The van der Waals surface area contributed by atoms with Crippen molar-refractivity contribution < 1.29 is 19.1 Å². The van der Waals surface area contributed by atoms with E-state index in [0.717, 1.165) is 41.9 Å². The van der Waals surface area contributed by atoms with E-state index in [1.54, 1.807) is 30.2 Å². The molecule has 0 spiro atoms. The number of fused-ring (bicyclic) bond motifs is 1. The van der Waals surface area contributed by atoms with Crippen LogP contribution in [-0.4, -0.2) is 53.6 Å². The lowest BCUT2D eigenvalue weighted by Crippen LogP contribution is -2.44. The minimum Gasteiger partial charge on any atom is -0.497 e. The minimum atomic E-state index is -0.519. The largest absolute Gasteiger partial charge is 0.497 e. The fourth-order valence-electron chi connectivity index (χ4n) is 4.19. The Morgan fingerprint density at radius 2 is 1.81 bits per heavy atom. The number of imidazole rings is 1. The fraction of sp³-hybridized carbons (Fsp3) is 0.375. The second-order valence-electron chi connectivity index (χ2n) is 8.37. The highest BCUT2D eigenvalue weighted by Gasteiger charge is 2.26. The Morgan fingerprint density at radius 1 is 1.10 bits per heavy atom. The Kier molecular flexibility index (Phi) is 5.93. The number of nitrogens with zero attached hydrogens (tertiary/aromatic N) is 2. The van der Waals surface area contributed by atoms with Crippen LogP contribution in [0.15, 0.2) is 42.5 Å². The number of rotatable bonds is 5. The van der Waals surface area contributed by atoms with Gasteiger partial charge in [0.25, 0.3) is 5.91 Å². The molecule has 1 N–H and O–H groups in total. The van der Waals surface area contributed by atoms with E-state index in [9.17, 15) is 9.59 Å². The van der Waals surface area contributed by atoms with Gasteiger partial charge >= 0.3 is 5.97 Å². The van der Waals surface area contributed by atoms with Gasteiger partial charge in [-0.2, -0.15) is 0 Å². The van der Waals surface area contributed by atoms with Crippen LogP contribution in [0.2, 0.25) is 0 Å². The summed E-state index contributed by atoms with van der Waals surface area (Å²) in [5, 5.41) is 0. The lowest BCUT2D eigenvalue weighted by molar-refractivity contribution is -0.137. The molecule has 2 atom stereocenters. The predicted octanol–water partition coefficient (Wildman–Crippen LogP) is 3.90.